The maximum absolute atomic E-state index is 11.3. The minimum absolute atomic E-state index is 0.123. The monoisotopic (exact) mass is 433 g/mol. The number of carbonyl (C=O) groups is 1. The number of rotatable bonds is 6. The summed E-state index contributed by atoms with van der Waals surface area (Å²) in [5.74, 6) is -0.134. The first-order valence-corrected chi connectivity index (χ1v) is 9.44. The molecule has 10 heteroatoms. The molecule has 0 atom stereocenters. The summed E-state index contributed by atoms with van der Waals surface area (Å²) in [7, 11) is 2.89. The highest BCUT2D eigenvalue weighted by Crippen LogP contribution is 2.42. The average molecular weight is 433 g/mol. The predicted molar refractivity (Wildman–Crippen MR) is 116 cm³/mol. The van der Waals surface area contributed by atoms with Crippen LogP contribution in [0.1, 0.15) is 21.5 Å². The Morgan fingerprint density at radius 2 is 2.03 bits per heavy atom. The zero-order valence-electron chi connectivity index (χ0n) is 17.4. The number of nitriles is 1. The lowest BCUT2D eigenvalue weighted by atomic mass is 10.1. The molecule has 4 N–H and O–H groups in total. The van der Waals surface area contributed by atoms with Crippen LogP contribution in [0.15, 0.2) is 36.5 Å². The molecule has 0 aliphatic carbocycles. The third kappa shape index (κ3) is 3.31. The van der Waals surface area contributed by atoms with Crippen molar-refractivity contribution in [2.24, 2.45) is 0 Å². The maximum atomic E-state index is 11.3. The second kappa shape index (κ2) is 7.88. The van der Waals surface area contributed by atoms with Crippen molar-refractivity contribution < 1.29 is 24.5 Å². The Labute approximate surface area is 182 Å². The number of aromatic carboxylic acids is 1. The average Bonchev–Trinajstić information content (AvgIpc) is 3.32. The van der Waals surface area contributed by atoms with Crippen molar-refractivity contribution in [3.05, 3.63) is 53.2 Å². The van der Waals surface area contributed by atoms with Crippen LogP contribution >= 0.6 is 0 Å². The number of aryl methyl sites for hydroxylation is 1. The van der Waals surface area contributed by atoms with Crippen LogP contribution in [0, 0.1) is 18.3 Å². The van der Waals surface area contributed by atoms with Crippen LogP contribution in [0.5, 0.6) is 17.2 Å². The van der Waals surface area contributed by atoms with Crippen LogP contribution in [0.25, 0.3) is 16.9 Å². The third-order valence-corrected chi connectivity index (χ3v) is 5.05. The van der Waals surface area contributed by atoms with E-state index in [1.807, 2.05) is 0 Å². The van der Waals surface area contributed by atoms with E-state index in [9.17, 15) is 20.3 Å². The SMILES string of the molecule is COc1cc(-c2[nH]c3c(C#N)cnn3c2Nc2ccc(C(=O)O)c(C)c2)cc(O)c1OC. The molecule has 0 fully saturated rings. The Bertz CT molecular complexity index is 1400. The van der Waals surface area contributed by atoms with Gasteiger partial charge >= 0.3 is 5.97 Å². The van der Waals surface area contributed by atoms with Gasteiger partial charge in [0.1, 0.15) is 11.6 Å². The van der Waals surface area contributed by atoms with Gasteiger partial charge in [0, 0.05) is 11.3 Å². The number of fused-ring (bicyclic) bond motifs is 1. The van der Waals surface area contributed by atoms with E-state index in [1.165, 1.54) is 37.1 Å². The van der Waals surface area contributed by atoms with Gasteiger partial charge in [-0.2, -0.15) is 14.9 Å². The standard InChI is InChI=1S/C22H19N5O5/c1-11-6-14(4-5-15(11)22(29)30)25-21-18(26-20-13(9-23)10-24-27(20)21)12-7-16(28)19(32-3)17(8-12)31-2/h4-8,10,25-26,28H,1-3H3,(H,29,30). The largest absolute Gasteiger partial charge is 0.504 e. The molecule has 2 aromatic heterocycles. The molecular formula is C22H19N5O5. The smallest absolute Gasteiger partial charge is 0.335 e. The van der Waals surface area contributed by atoms with Crippen molar-refractivity contribution in [2.45, 2.75) is 6.92 Å². The Morgan fingerprint density at radius 1 is 1.25 bits per heavy atom. The number of aromatic amines is 1. The van der Waals surface area contributed by atoms with Crippen molar-refractivity contribution in [1.82, 2.24) is 14.6 Å². The van der Waals surface area contributed by atoms with Gasteiger partial charge in [-0.1, -0.05) is 0 Å². The van der Waals surface area contributed by atoms with Crippen LogP contribution < -0.4 is 14.8 Å². The quantitative estimate of drug-likeness (QED) is 0.360. The van der Waals surface area contributed by atoms with Gasteiger partial charge in [-0.3, -0.25) is 0 Å². The summed E-state index contributed by atoms with van der Waals surface area (Å²) < 4.78 is 12.1. The third-order valence-electron chi connectivity index (χ3n) is 5.05. The molecule has 0 saturated heterocycles. The first-order valence-electron chi connectivity index (χ1n) is 9.44. The van der Waals surface area contributed by atoms with Crippen molar-refractivity contribution in [3.63, 3.8) is 0 Å². The van der Waals surface area contributed by atoms with Gasteiger partial charge in [-0.25, -0.2) is 4.79 Å². The number of benzene rings is 2. The summed E-state index contributed by atoms with van der Waals surface area (Å²) in [5.41, 5.74) is 3.27. The molecule has 0 radical (unpaired) electrons. The molecule has 0 unspecified atom stereocenters. The zero-order chi connectivity index (χ0) is 23.0. The van der Waals surface area contributed by atoms with Crippen LogP contribution in [0.2, 0.25) is 0 Å². The topological polar surface area (TPSA) is 145 Å². The molecular weight excluding hydrogens is 414 g/mol. The number of nitrogens with one attached hydrogen (secondary N) is 2. The van der Waals surface area contributed by atoms with Crippen molar-refractivity contribution in [2.75, 3.05) is 19.5 Å². The van der Waals surface area contributed by atoms with Gasteiger partial charge in [-0.05, 0) is 42.8 Å². The number of carboxylic acid groups (broad SMARTS) is 1. The fourth-order valence-electron chi connectivity index (χ4n) is 3.53. The normalized spacial score (nSPS) is 10.7. The van der Waals surface area contributed by atoms with Gasteiger partial charge in [0.05, 0.1) is 31.7 Å². The van der Waals surface area contributed by atoms with Crippen molar-refractivity contribution in [3.8, 4) is 34.6 Å². The van der Waals surface area contributed by atoms with E-state index in [2.05, 4.69) is 21.5 Å². The van der Waals surface area contributed by atoms with Crippen LogP contribution in [-0.2, 0) is 0 Å². The minimum atomic E-state index is -1.01. The highest BCUT2D eigenvalue weighted by molar-refractivity contribution is 5.90. The van der Waals surface area contributed by atoms with Gasteiger partial charge in [0.2, 0.25) is 5.75 Å². The summed E-state index contributed by atoms with van der Waals surface area (Å²) in [6.07, 6.45) is 1.44. The number of hydrogen-bond donors (Lipinski definition) is 4. The molecule has 0 bridgehead atoms. The fourth-order valence-corrected chi connectivity index (χ4v) is 3.53. The number of phenols is 1. The second-order valence-electron chi connectivity index (χ2n) is 6.97. The van der Waals surface area contributed by atoms with Gasteiger partial charge < -0.3 is 30.0 Å². The molecule has 2 heterocycles. The van der Waals surface area contributed by atoms with Gasteiger partial charge in [-0.15, -0.1) is 0 Å². The molecule has 2 aromatic carbocycles. The lowest BCUT2D eigenvalue weighted by Gasteiger charge is -2.13. The maximum Gasteiger partial charge on any atom is 0.335 e. The molecule has 32 heavy (non-hydrogen) atoms. The van der Waals surface area contributed by atoms with Gasteiger partial charge in [0.15, 0.2) is 23.0 Å². The number of H-pyrrole nitrogens is 1. The molecule has 0 amide bonds. The predicted octanol–water partition coefficient (Wildman–Crippen LogP) is 3.67. The lowest BCUT2D eigenvalue weighted by molar-refractivity contribution is 0.0696. The Hall–Kier alpha value is -4.65. The van der Waals surface area contributed by atoms with E-state index in [0.717, 1.165) is 0 Å². The number of methoxy groups -OCH3 is 2. The summed E-state index contributed by atoms with van der Waals surface area (Å²) in [6, 6.07) is 10.1. The molecule has 162 valence electrons. The molecule has 0 spiro atoms. The number of ether oxygens (including phenoxy) is 2. The molecule has 4 rings (SSSR count). The van der Waals surface area contributed by atoms with Crippen LogP contribution in [0.3, 0.4) is 0 Å². The molecule has 0 aliphatic heterocycles. The number of hydrogen-bond acceptors (Lipinski definition) is 7. The van der Waals surface area contributed by atoms with E-state index < -0.39 is 5.97 Å². The summed E-state index contributed by atoms with van der Waals surface area (Å²) in [6.45, 7) is 1.70. The van der Waals surface area contributed by atoms with Crippen LogP contribution in [0.4, 0.5) is 11.5 Å². The van der Waals surface area contributed by atoms with E-state index in [-0.39, 0.29) is 17.1 Å². The number of aromatic hydroxyl groups is 1. The van der Waals surface area contributed by atoms with E-state index in [1.54, 1.807) is 25.1 Å². The Morgan fingerprint density at radius 3 is 2.66 bits per heavy atom. The molecule has 4 aromatic rings. The van der Waals surface area contributed by atoms with Crippen molar-refractivity contribution in [1.29, 1.82) is 5.26 Å². The summed E-state index contributed by atoms with van der Waals surface area (Å²) >= 11 is 0. The number of anilines is 2. The number of aromatic nitrogens is 3. The molecule has 10 nitrogen and oxygen atoms in total. The zero-order valence-corrected chi connectivity index (χ0v) is 17.4. The van der Waals surface area contributed by atoms with Crippen LogP contribution in [-0.4, -0.2) is 45.0 Å². The number of imidazole rings is 1. The number of carboxylic acids is 1. The van der Waals surface area contributed by atoms with Gasteiger partial charge in [0.25, 0.3) is 0 Å². The highest BCUT2D eigenvalue weighted by Gasteiger charge is 2.21. The molecule has 0 saturated carbocycles. The first-order chi connectivity index (χ1) is 15.4. The van der Waals surface area contributed by atoms with E-state index in [4.69, 9.17) is 9.47 Å². The second-order valence-corrected chi connectivity index (χ2v) is 6.97. The highest BCUT2D eigenvalue weighted by atomic mass is 16.5. The minimum Gasteiger partial charge on any atom is -0.504 e. The summed E-state index contributed by atoms with van der Waals surface area (Å²) in [4.78, 5) is 14.5. The summed E-state index contributed by atoms with van der Waals surface area (Å²) in [5, 5.41) is 36.6. The Balaban J connectivity index is 1.90. The lowest BCUT2D eigenvalue weighted by Crippen LogP contribution is -2.02. The first kappa shape index (κ1) is 20.6. The molecule has 0 aliphatic rings. The number of phenolic OH excluding ortho intramolecular Hbond substituents is 1. The fraction of sp³-hybridized carbons (Fsp3) is 0.136. The Kier molecular flexibility index (Phi) is 5.08. The van der Waals surface area contributed by atoms with Crippen molar-refractivity contribution >= 4 is 23.1 Å². The van der Waals surface area contributed by atoms with E-state index in [0.29, 0.717) is 45.3 Å². The number of nitrogens with zero attached hydrogens (tertiary/aromatic N) is 3. The van der Waals surface area contributed by atoms with E-state index >= 15 is 0 Å².